The number of carbonyl (C=O) groups excluding carboxylic acids is 1. The molecular formula is C14H13N7OS. The number of hydrogen-bond acceptors (Lipinski definition) is 6. The summed E-state index contributed by atoms with van der Waals surface area (Å²) in [6, 6.07) is 5.64. The number of H-pyrrole nitrogens is 1. The Kier molecular flexibility index (Phi) is 3.46. The SMILES string of the molecule is O=C(Nc1ccc2c(C=NC3CC3)[nH]nc2c1)Nc1nncs1. The Labute approximate surface area is 135 Å². The van der Waals surface area contributed by atoms with Gasteiger partial charge < -0.3 is 5.32 Å². The Morgan fingerprint density at radius 2 is 2.30 bits per heavy atom. The van der Waals surface area contributed by atoms with Gasteiger partial charge in [-0.2, -0.15) is 5.10 Å². The molecule has 1 fully saturated rings. The van der Waals surface area contributed by atoms with Crippen LogP contribution in [0.5, 0.6) is 0 Å². The first-order chi connectivity index (χ1) is 11.3. The lowest BCUT2D eigenvalue weighted by Crippen LogP contribution is -2.19. The van der Waals surface area contributed by atoms with E-state index in [0.717, 1.165) is 16.6 Å². The smallest absolute Gasteiger partial charge is 0.308 e. The Morgan fingerprint density at radius 3 is 3.09 bits per heavy atom. The molecule has 0 saturated heterocycles. The van der Waals surface area contributed by atoms with Crippen molar-refractivity contribution >= 4 is 45.3 Å². The minimum Gasteiger partial charge on any atom is -0.308 e. The highest BCUT2D eigenvalue weighted by atomic mass is 32.1. The maximum Gasteiger partial charge on any atom is 0.325 e. The van der Waals surface area contributed by atoms with Gasteiger partial charge in [0.25, 0.3) is 0 Å². The van der Waals surface area contributed by atoms with Gasteiger partial charge in [0.05, 0.1) is 17.3 Å². The normalized spacial score (nSPS) is 14.4. The highest BCUT2D eigenvalue weighted by Crippen LogP contribution is 2.24. The number of amides is 2. The fraction of sp³-hybridized carbons (Fsp3) is 0.214. The first-order valence-corrected chi connectivity index (χ1v) is 8.01. The van der Waals surface area contributed by atoms with Crippen molar-refractivity contribution in [3.05, 3.63) is 29.4 Å². The monoisotopic (exact) mass is 327 g/mol. The van der Waals surface area contributed by atoms with Crippen LogP contribution in [0.1, 0.15) is 18.5 Å². The molecule has 4 rings (SSSR count). The van der Waals surface area contributed by atoms with E-state index < -0.39 is 0 Å². The van der Waals surface area contributed by atoms with Gasteiger partial charge >= 0.3 is 6.03 Å². The zero-order valence-electron chi connectivity index (χ0n) is 12.0. The van der Waals surface area contributed by atoms with E-state index in [4.69, 9.17) is 0 Å². The summed E-state index contributed by atoms with van der Waals surface area (Å²) in [7, 11) is 0. The molecule has 23 heavy (non-hydrogen) atoms. The number of aromatic nitrogens is 4. The highest BCUT2D eigenvalue weighted by Gasteiger charge is 2.19. The van der Waals surface area contributed by atoms with E-state index in [9.17, 15) is 4.79 Å². The zero-order chi connectivity index (χ0) is 15.6. The lowest BCUT2D eigenvalue weighted by Gasteiger charge is -2.04. The Hall–Kier alpha value is -2.81. The average Bonchev–Trinajstić information content (AvgIpc) is 3.07. The average molecular weight is 327 g/mol. The number of aliphatic imine (C=N–C) groups is 1. The number of benzene rings is 1. The number of nitrogens with one attached hydrogen (secondary N) is 3. The van der Waals surface area contributed by atoms with Gasteiger partial charge in [-0.15, -0.1) is 10.2 Å². The fourth-order valence-electron chi connectivity index (χ4n) is 2.10. The lowest BCUT2D eigenvalue weighted by atomic mass is 10.2. The number of aromatic amines is 1. The van der Waals surface area contributed by atoms with Crippen LogP contribution in [0, 0.1) is 0 Å². The van der Waals surface area contributed by atoms with Crippen LogP contribution in [-0.2, 0) is 0 Å². The molecule has 3 N–H and O–H groups in total. The topological polar surface area (TPSA) is 108 Å². The molecule has 0 spiro atoms. The van der Waals surface area contributed by atoms with Gasteiger partial charge in [0.15, 0.2) is 0 Å². The Balaban J connectivity index is 1.49. The first kappa shape index (κ1) is 13.8. The van der Waals surface area contributed by atoms with Crippen molar-refractivity contribution in [3.8, 4) is 0 Å². The van der Waals surface area contributed by atoms with E-state index in [1.165, 1.54) is 24.2 Å². The molecule has 1 aliphatic carbocycles. The van der Waals surface area contributed by atoms with Crippen molar-refractivity contribution < 1.29 is 4.79 Å². The first-order valence-electron chi connectivity index (χ1n) is 7.13. The molecular weight excluding hydrogens is 314 g/mol. The molecule has 0 radical (unpaired) electrons. The van der Waals surface area contributed by atoms with Gasteiger partial charge in [0.1, 0.15) is 5.51 Å². The molecule has 0 bridgehead atoms. The molecule has 8 nitrogen and oxygen atoms in total. The predicted octanol–water partition coefficient (Wildman–Crippen LogP) is 2.64. The van der Waals surface area contributed by atoms with Crippen molar-refractivity contribution in [1.82, 2.24) is 20.4 Å². The van der Waals surface area contributed by atoms with Gasteiger partial charge in [-0.05, 0) is 31.0 Å². The second kappa shape index (κ2) is 5.76. The standard InChI is InChI=1S/C14H13N7OS/c22-13(18-14-21-16-7-23-14)17-9-3-4-10-11(5-9)19-20-12(10)6-15-8-1-2-8/h3-8H,1-2H2,(H,19,20)(H2,17,18,21,22). The van der Waals surface area contributed by atoms with Gasteiger partial charge in [0, 0.05) is 17.3 Å². The van der Waals surface area contributed by atoms with Crippen LogP contribution in [-0.4, -0.2) is 38.7 Å². The number of carbonyl (C=O) groups is 1. The zero-order valence-corrected chi connectivity index (χ0v) is 12.8. The van der Waals surface area contributed by atoms with Gasteiger partial charge in [-0.1, -0.05) is 11.3 Å². The maximum atomic E-state index is 11.9. The molecule has 1 aromatic carbocycles. The molecule has 0 unspecified atom stereocenters. The molecule has 2 amide bonds. The Morgan fingerprint density at radius 1 is 1.39 bits per heavy atom. The molecule has 1 saturated carbocycles. The van der Waals surface area contributed by atoms with E-state index in [1.807, 2.05) is 18.3 Å². The van der Waals surface area contributed by atoms with Gasteiger partial charge in [0.2, 0.25) is 5.13 Å². The van der Waals surface area contributed by atoms with Crippen LogP contribution in [0.3, 0.4) is 0 Å². The minimum atomic E-state index is -0.368. The lowest BCUT2D eigenvalue weighted by molar-refractivity contribution is 0.262. The molecule has 3 aromatic rings. The van der Waals surface area contributed by atoms with E-state index in [-0.39, 0.29) is 6.03 Å². The van der Waals surface area contributed by atoms with E-state index in [2.05, 4.69) is 36.0 Å². The van der Waals surface area contributed by atoms with Crippen molar-refractivity contribution in [2.75, 3.05) is 10.6 Å². The summed E-state index contributed by atoms with van der Waals surface area (Å²) in [5, 5.41) is 21.4. The molecule has 9 heteroatoms. The summed E-state index contributed by atoms with van der Waals surface area (Å²) in [6.07, 6.45) is 4.17. The third-order valence-electron chi connectivity index (χ3n) is 3.38. The summed E-state index contributed by atoms with van der Waals surface area (Å²) < 4.78 is 0. The van der Waals surface area contributed by atoms with Crippen LogP contribution in [0.15, 0.2) is 28.7 Å². The van der Waals surface area contributed by atoms with Crippen molar-refractivity contribution in [2.45, 2.75) is 18.9 Å². The number of anilines is 2. The maximum absolute atomic E-state index is 11.9. The quantitative estimate of drug-likeness (QED) is 0.640. The number of urea groups is 1. The van der Waals surface area contributed by atoms with Crippen LogP contribution in [0.25, 0.3) is 10.9 Å². The second-order valence-electron chi connectivity index (χ2n) is 5.20. The largest absolute Gasteiger partial charge is 0.325 e. The number of hydrogen-bond donors (Lipinski definition) is 3. The molecule has 0 atom stereocenters. The van der Waals surface area contributed by atoms with Crippen LogP contribution in [0.2, 0.25) is 0 Å². The van der Waals surface area contributed by atoms with Gasteiger partial charge in [-0.3, -0.25) is 15.4 Å². The highest BCUT2D eigenvalue weighted by molar-refractivity contribution is 7.13. The summed E-state index contributed by atoms with van der Waals surface area (Å²) in [6.45, 7) is 0. The summed E-state index contributed by atoms with van der Waals surface area (Å²) in [5.74, 6) is 0. The van der Waals surface area contributed by atoms with Crippen LogP contribution >= 0.6 is 11.3 Å². The molecule has 116 valence electrons. The van der Waals surface area contributed by atoms with Gasteiger partial charge in [-0.25, -0.2) is 4.79 Å². The van der Waals surface area contributed by atoms with E-state index >= 15 is 0 Å². The van der Waals surface area contributed by atoms with Crippen molar-refractivity contribution in [2.24, 2.45) is 4.99 Å². The van der Waals surface area contributed by atoms with E-state index in [1.54, 1.807) is 11.6 Å². The van der Waals surface area contributed by atoms with Crippen LogP contribution in [0.4, 0.5) is 15.6 Å². The fourth-order valence-corrected chi connectivity index (χ4v) is 2.54. The third kappa shape index (κ3) is 3.19. The molecule has 1 aliphatic rings. The number of rotatable bonds is 4. The summed E-state index contributed by atoms with van der Waals surface area (Å²) in [5.41, 5.74) is 3.86. The molecule has 0 aliphatic heterocycles. The van der Waals surface area contributed by atoms with Crippen molar-refractivity contribution in [1.29, 1.82) is 0 Å². The predicted molar refractivity (Wildman–Crippen MR) is 89.3 cm³/mol. The van der Waals surface area contributed by atoms with Crippen LogP contribution < -0.4 is 10.6 Å². The summed E-state index contributed by atoms with van der Waals surface area (Å²) >= 11 is 1.25. The molecule has 2 heterocycles. The second-order valence-corrected chi connectivity index (χ2v) is 6.03. The van der Waals surface area contributed by atoms with E-state index in [0.29, 0.717) is 16.9 Å². The molecule has 2 aromatic heterocycles. The number of nitrogens with zero attached hydrogens (tertiary/aromatic N) is 4. The number of fused-ring (bicyclic) bond motifs is 1. The summed E-state index contributed by atoms with van der Waals surface area (Å²) in [4.78, 5) is 16.3. The Bertz CT molecular complexity index is 867. The third-order valence-corrected chi connectivity index (χ3v) is 3.99. The van der Waals surface area contributed by atoms with Crippen molar-refractivity contribution in [3.63, 3.8) is 0 Å². The minimum absolute atomic E-state index is 0.368.